The van der Waals surface area contributed by atoms with Crippen LogP contribution in [0.25, 0.3) is 0 Å². The van der Waals surface area contributed by atoms with E-state index in [1.165, 1.54) is 11.1 Å². The van der Waals surface area contributed by atoms with Crippen molar-refractivity contribution in [2.75, 3.05) is 7.11 Å². The Hall–Kier alpha value is -1.60. The number of ether oxygens (including phenoxy) is 1. The lowest BCUT2D eigenvalue weighted by atomic mass is 9.86. The van der Waals surface area contributed by atoms with Gasteiger partial charge in [0.25, 0.3) is 0 Å². The van der Waals surface area contributed by atoms with Gasteiger partial charge in [-0.2, -0.15) is 4.99 Å². The number of nitrogens with zero attached hydrogens (tertiary/aromatic N) is 1. The van der Waals surface area contributed by atoms with Crippen LogP contribution in [0.15, 0.2) is 17.1 Å². The van der Waals surface area contributed by atoms with E-state index < -0.39 is 5.54 Å². The van der Waals surface area contributed by atoms with Crippen LogP contribution in [0.4, 0.5) is 0 Å². The van der Waals surface area contributed by atoms with E-state index in [4.69, 9.17) is 4.74 Å². The highest BCUT2D eigenvalue weighted by atomic mass is 16.5. The van der Waals surface area contributed by atoms with E-state index in [0.717, 1.165) is 24.2 Å². The fourth-order valence-corrected chi connectivity index (χ4v) is 2.87. The van der Waals surface area contributed by atoms with Crippen molar-refractivity contribution in [3.63, 3.8) is 0 Å². The zero-order valence-corrected chi connectivity index (χ0v) is 13.0. The van der Waals surface area contributed by atoms with Gasteiger partial charge >= 0.3 is 0 Å². The molecule has 0 atom stereocenters. The van der Waals surface area contributed by atoms with Crippen molar-refractivity contribution in [3.05, 3.63) is 28.8 Å². The van der Waals surface area contributed by atoms with E-state index in [9.17, 15) is 4.79 Å². The predicted octanol–water partition coefficient (Wildman–Crippen LogP) is 4.27. The maximum Gasteiger partial charge on any atom is 0.235 e. The van der Waals surface area contributed by atoms with Crippen LogP contribution in [0.3, 0.4) is 0 Å². The summed E-state index contributed by atoms with van der Waals surface area (Å²) < 4.78 is 5.71. The third-order valence-corrected chi connectivity index (χ3v) is 4.12. The number of hydrogen-bond acceptors (Lipinski definition) is 3. The largest absolute Gasteiger partial charge is 0.496 e. The summed E-state index contributed by atoms with van der Waals surface area (Å²) in [5.74, 6) is 1.66. The number of hydrogen-bond donors (Lipinski definition) is 0. The van der Waals surface area contributed by atoms with Crippen molar-refractivity contribution < 1.29 is 9.53 Å². The van der Waals surface area contributed by atoms with Gasteiger partial charge in [-0.1, -0.05) is 39.8 Å². The van der Waals surface area contributed by atoms with Gasteiger partial charge in [0.2, 0.25) is 6.08 Å². The van der Waals surface area contributed by atoms with Crippen LogP contribution in [0.1, 0.15) is 69.1 Å². The molecule has 108 valence electrons. The molecule has 1 saturated carbocycles. The zero-order chi connectivity index (χ0) is 14.9. The van der Waals surface area contributed by atoms with Crippen LogP contribution in [0.5, 0.6) is 5.75 Å². The topological polar surface area (TPSA) is 38.7 Å². The molecule has 0 aliphatic heterocycles. The molecule has 3 nitrogen and oxygen atoms in total. The van der Waals surface area contributed by atoms with E-state index in [-0.39, 0.29) is 0 Å². The molecular weight excluding hydrogens is 250 g/mol. The summed E-state index contributed by atoms with van der Waals surface area (Å²) in [6.45, 7) is 8.63. The van der Waals surface area contributed by atoms with Gasteiger partial charge in [0.1, 0.15) is 11.3 Å². The van der Waals surface area contributed by atoms with Crippen LogP contribution in [0.2, 0.25) is 0 Å². The summed E-state index contributed by atoms with van der Waals surface area (Å²) in [6.07, 6.45) is 3.56. The lowest BCUT2D eigenvalue weighted by Crippen LogP contribution is -2.12. The molecule has 2 rings (SSSR count). The van der Waals surface area contributed by atoms with E-state index >= 15 is 0 Å². The normalized spacial score (nSPS) is 16.1. The molecule has 0 saturated heterocycles. The van der Waals surface area contributed by atoms with E-state index in [1.54, 1.807) is 13.2 Å². The molecule has 0 bridgehead atoms. The fourth-order valence-electron chi connectivity index (χ4n) is 2.87. The highest BCUT2D eigenvalue weighted by Gasteiger charge is 2.49. The molecule has 0 aromatic heterocycles. The first-order valence-electron chi connectivity index (χ1n) is 7.27. The first-order chi connectivity index (χ1) is 9.46. The van der Waals surface area contributed by atoms with Gasteiger partial charge in [-0.25, -0.2) is 4.79 Å². The summed E-state index contributed by atoms with van der Waals surface area (Å²) in [5.41, 5.74) is 3.11. The maximum atomic E-state index is 10.8. The minimum Gasteiger partial charge on any atom is -0.496 e. The number of methoxy groups -OCH3 is 1. The van der Waals surface area contributed by atoms with Crippen molar-refractivity contribution in [1.82, 2.24) is 0 Å². The molecule has 3 heteroatoms. The molecular formula is C17H23NO2. The first-order valence-corrected chi connectivity index (χ1v) is 7.27. The molecule has 1 aliphatic rings. The number of rotatable bonds is 5. The molecule has 0 radical (unpaired) electrons. The van der Waals surface area contributed by atoms with Crippen molar-refractivity contribution in [2.45, 2.75) is 57.9 Å². The first kappa shape index (κ1) is 14.8. The van der Waals surface area contributed by atoms with Gasteiger partial charge in [-0.15, -0.1) is 0 Å². The molecule has 1 fully saturated rings. The molecule has 1 aromatic rings. The SMILES string of the molecule is COc1c(C(C)C)ccc(C(C)C)c1C1(N=C=O)CC1. The van der Waals surface area contributed by atoms with Gasteiger partial charge in [0.05, 0.1) is 7.11 Å². The van der Waals surface area contributed by atoms with Gasteiger partial charge in [0, 0.05) is 5.56 Å². The monoisotopic (exact) mass is 273 g/mol. The van der Waals surface area contributed by atoms with Crippen molar-refractivity contribution in [2.24, 2.45) is 4.99 Å². The standard InChI is InChI=1S/C17H23NO2/c1-11(2)13-6-7-14(12(3)4)16(20-5)15(13)17(8-9-17)18-10-19/h6-7,11-12H,8-9H2,1-5H3. The molecule has 0 unspecified atom stereocenters. The Labute approximate surface area is 121 Å². The minimum atomic E-state index is -0.391. The highest BCUT2D eigenvalue weighted by Crippen LogP contribution is 2.55. The smallest absolute Gasteiger partial charge is 0.235 e. The van der Waals surface area contributed by atoms with Gasteiger partial charge in [0.15, 0.2) is 0 Å². The van der Waals surface area contributed by atoms with Crippen LogP contribution < -0.4 is 4.74 Å². The van der Waals surface area contributed by atoms with Gasteiger partial charge in [-0.05, 0) is 35.8 Å². The third-order valence-electron chi connectivity index (χ3n) is 4.12. The van der Waals surface area contributed by atoms with Crippen molar-refractivity contribution in [1.29, 1.82) is 0 Å². The Morgan fingerprint density at radius 1 is 1.15 bits per heavy atom. The summed E-state index contributed by atoms with van der Waals surface area (Å²) in [5, 5.41) is 0. The number of aliphatic imine (C=N–C) groups is 1. The summed E-state index contributed by atoms with van der Waals surface area (Å²) in [7, 11) is 1.70. The Balaban J connectivity index is 2.73. The number of isocyanates is 1. The molecule has 0 heterocycles. The predicted molar refractivity (Wildman–Crippen MR) is 80.2 cm³/mol. The van der Waals surface area contributed by atoms with Crippen LogP contribution in [-0.2, 0) is 10.3 Å². The van der Waals surface area contributed by atoms with E-state index in [2.05, 4.69) is 44.8 Å². The molecule has 0 N–H and O–H groups in total. The molecule has 0 amide bonds. The lowest BCUT2D eigenvalue weighted by Gasteiger charge is -2.24. The van der Waals surface area contributed by atoms with Crippen LogP contribution >= 0.6 is 0 Å². The van der Waals surface area contributed by atoms with E-state index in [1.807, 2.05) is 0 Å². The average molecular weight is 273 g/mol. The van der Waals surface area contributed by atoms with Crippen molar-refractivity contribution >= 4 is 6.08 Å². The average Bonchev–Trinajstić information content (AvgIpc) is 3.17. The Bertz CT molecular complexity index is 550. The molecule has 20 heavy (non-hydrogen) atoms. The third kappa shape index (κ3) is 2.38. The van der Waals surface area contributed by atoms with Gasteiger partial charge in [-0.3, -0.25) is 0 Å². The second-order valence-electron chi connectivity index (χ2n) is 6.20. The second kappa shape index (κ2) is 5.41. The Morgan fingerprint density at radius 3 is 2.10 bits per heavy atom. The van der Waals surface area contributed by atoms with Gasteiger partial charge < -0.3 is 4.74 Å². The van der Waals surface area contributed by atoms with E-state index in [0.29, 0.717) is 11.8 Å². The maximum absolute atomic E-state index is 10.8. The highest BCUT2D eigenvalue weighted by molar-refractivity contribution is 5.56. The lowest BCUT2D eigenvalue weighted by molar-refractivity contribution is 0.395. The number of carbonyl (C=O) groups excluding carboxylic acids is 1. The summed E-state index contributed by atoms with van der Waals surface area (Å²) in [6, 6.07) is 4.31. The fraction of sp³-hybridized carbons (Fsp3) is 0.588. The Morgan fingerprint density at radius 2 is 1.70 bits per heavy atom. The Kier molecular flexibility index (Phi) is 4.01. The quantitative estimate of drug-likeness (QED) is 0.593. The van der Waals surface area contributed by atoms with Crippen LogP contribution in [0, 0.1) is 0 Å². The summed E-state index contributed by atoms with van der Waals surface area (Å²) >= 11 is 0. The van der Waals surface area contributed by atoms with Crippen LogP contribution in [-0.4, -0.2) is 13.2 Å². The minimum absolute atomic E-state index is 0.374. The molecule has 1 aromatic carbocycles. The zero-order valence-electron chi connectivity index (χ0n) is 13.0. The molecule has 1 aliphatic carbocycles. The van der Waals surface area contributed by atoms with Crippen molar-refractivity contribution in [3.8, 4) is 5.75 Å². The molecule has 0 spiro atoms. The number of benzene rings is 1. The summed E-state index contributed by atoms with van der Waals surface area (Å²) in [4.78, 5) is 14.9. The second-order valence-corrected chi connectivity index (χ2v) is 6.20.